The second-order valence-corrected chi connectivity index (χ2v) is 4.85. The van der Waals surface area contributed by atoms with Crippen LogP contribution in [0.5, 0.6) is 5.75 Å². The summed E-state index contributed by atoms with van der Waals surface area (Å²) in [6, 6.07) is 20.4. The summed E-state index contributed by atoms with van der Waals surface area (Å²) >= 11 is 0. The van der Waals surface area contributed by atoms with Crippen molar-refractivity contribution in [2.24, 2.45) is 0 Å². The summed E-state index contributed by atoms with van der Waals surface area (Å²) in [5.41, 5.74) is 1.55. The van der Waals surface area contributed by atoms with Crippen molar-refractivity contribution in [3.63, 3.8) is 0 Å². The van der Waals surface area contributed by atoms with Gasteiger partial charge in [-0.1, -0.05) is 54.6 Å². The van der Waals surface area contributed by atoms with E-state index in [0.29, 0.717) is 5.56 Å². The van der Waals surface area contributed by atoms with Gasteiger partial charge in [-0.25, -0.2) is 0 Å². The van der Waals surface area contributed by atoms with Crippen LogP contribution in [-0.4, -0.2) is 10.9 Å². The highest BCUT2D eigenvalue weighted by atomic mass is 16.3. The smallest absolute Gasteiger partial charge is 0.185 e. The van der Waals surface area contributed by atoms with Crippen molar-refractivity contribution in [1.82, 2.24) is 0 Å². The largest absolute Gasteiger partial charge is 0.508 e. The van der Waals surface area contributed by atoms with E-state index >= 15 is 0 Å². The van der Waals surface area contributed by atoms with E-state index in [1.165, 1.54) is 0 Å². The van der Waals surface area contributed by atoms with Gasteiger partial charge in [0.15, 0.2) is 5.78 Å². The van der Waals surface area contributed by atoms with Crippen LogP contribution in [0.2, 0.25) is 0 Å². The van der Waals surface area contributed by atoms with Gasteiger partial charge in [-0.2, -0.15) is 0 Å². The summed E-state index contributed by atoms with van der Waals surface area (Å²) in [5, 5.41) is 11.4. The number of hydrogen-bond donors (Lipinski definition) is 1. The number of carbonyl (C=O) groups is 1. The lowest BCUT2D eigenvalue weighted by Crippen LogP contribution is -1.93. The second-order valence-electron chi connectivity index (χ2n) is 4.85. The minimum atomic E-state index is -0.0335. The Hall–Kier alpha value is -2.87. The van der Waals surface area contributed by atoms with Gasteiger partial charge in [-0.15, -0.1) is 0 Å². The molecule has 3 aromatic carbocycles. The van der Waals surface area contributed by atoms with Crippen LogP contribution in [0.15, 0.2) is 72.8 Å². The zero-order valence-electron chi connectivity index (χ0n) is 11.4. The molecule has 0 aliphatic carbocycles. The molecule has 0 unspecified atom stereocenters. The predicted molar refractivity (Wildman–Crippen MR) is 85.4 cm³/mol. The molecule has 102 valence electrons. The monoisotopic (exact) mass is 274 g/mol. The number of hydrogen-bond acceptors (Lipinski definition) is 2. The summed E-state index contributed by atoms with van der Waals surface area (Å²) in [4.78, 5) is 12.2. The molecule has 0 atom stereocenters. The van der Waals surface area contributed by atoms with Crippen LogP contribution < -0.4 is 0 Å². The fraction of sp³-hybridized carbons (Fsp3) is 0. The van der Waals surface area contributed by atoms with E-state index in [1.807, 2.05) is 42.5 Å². The van der Waals surface area contributed by atoms with Crippen LogP contribution in [0.4, 0.5) is 0 Å². The maximum Gasteiger partial charge on any atom is 0.185 e. The Kier molecular flexibility index (Phi) is 3.52. The molecule has 0 aromatic heterocycles. The molecule has 0 aliphatic heterocycles. The number of carbonyl (C=O) groups excluding carboxylic acids is 1. The van der Waals surface area contributed by atoms with Gasteiger partial charge in [-0.05, 0) is 40.6 Å². The Morgan fingerprint density at radius 2 is 1.57 bits per heavy atom. The van der Waals surface area contributed by atoms with E-state index < -0.39 is 0 Å². The van der Waals surface area contributed by atoms with Gasteiger partial charge in [0.2, 0.25) is 0 Å². The van der Waals surface area contributed by atoms with Crippen LogP contribution in [0.25, 0.3) is 16.8 Å². The lowest BCUT2D eigenvalue weighted by molar-refractivity contribution is 0.104. The third kappa shape index (κ3) is 3.00. The van der Waals surface area contributed by atoms with E-state index in [2.05, 4.69) is 0 Å². The molecule has 0 fully saturated rings. The molecule has 0 heterocycles. The molecule has 0 radical (unpaired) electrons. The number of phenolic OH excluding ortho intramolecular Hbond substituents is 1. The number of rotatable bonds is 3. The number of ketones is 1. The van der Waals surface area contributed by atoms with Gasteiger partial charge in [0.05, 0.1) is 0 Å². The third-order valence-corrected chi connectivity index (χ3v) is 3.35. The first-order valence-electron chi connectivity index (χ1n) is 6.73. The summed E-state index contributed by atoms with van der Waals surface area (Å²) < 4.78 is 0. The molecule has 3 aromatic rings. The van der Waals surface area contributed by atoms with Gasteiger partial charge in [0.25, 0.3) is 0 Å². The third-order valence-electron chi connectivity index (χ3n) is 3.35. The molecule has 1 N–H and O–H groups in total. The van der Waals surface area contributed by atoms with Gasteiger partial charge < -0.3 is 5.11 Å². The molecule has 0 amide bonds. The zero-order valence-corrected chi connectivity index (χ0v) is 11.4. The molecule has 21 heavy (non-hydrogen) atoms. The predicted octanol–water partition coefficient (Wildman–Crippen LogP) is 4.44. The highest BCUT2D eigenvalue weighted by molar-refractivity contribution is 6.08. The Morgan fingerprint density at radius 1 is 0.857 bits per heavy atom. The molecule has 0 spiro atoms. The second kappa shape index (κ2) is 5.63. The van der Waals surface area contributed by atoms with Gasteiger partial charge in [0, 0.05) is 5.56 Å². The average molecular weight is 274 g/mol. The summed E-state index contributed by atoms with van der Waals surface area (Å²) in [6.45, 7) is 0. The van der Waals surface area contributed by atoms with Crippen LogP contribution >= 0.6 is 0 Å². The number of benzene rings is 3. The Morgan fingerprint density at radius 3 is 2.33 bits per heavy atom. The number of allylic oxidation sites excluding steroid dienone is 1. The van der Waals surface area contributed by atoms with E-state index in [4.69, 9.17) is 0 Å². The standard InChI is InChI=1S/C19H14O2/c20-18-10-5-14(6-11-18)7-12-19(21)17-9-8-15-3-1-2-4-16(15)13-17/h1-13,20H. The van der Waals surface area contributed by atoms with Crippen molar-refractivity contribution >= 4 is 22.6 Å². The topological polar surface area (TPSA) is 37.3 Å². The van der Waals surface area contributed by atoms with E-state index in [0.717, 1.165) is 16.3 Å². The molecule has 0 aliphatic rings. The lowest BCUT2D eigenvalue weighted by atomic mass is 10.0. The highest BCUT2D eigenvalue weighted by Gasteiger charge is 2.02. The molecule has 0 saturated heterocycles. The Bertz CT molecular complexity index is 814. The summed E-state index contributed by atoms with van der Waals surface area (Å²) in [5.74, 6) is 0.182. The van der Waals surface area contributed by atoms with E-state index in [-0.39, 0.29) is 11.5 Å². The maximum absolute atomic E-state index is 12.2. The van der Waals surface area contributed by atoms with Gasteiger partial charge in [-0.3, -0.25) is 4.79 Å². The van der Waals surface area contributed by atoms with Gasteiger partial charge >= 0.3 is 0 Å². The molecule has 2 heteroatoms. The van der Waals surface area contributed by atoms with E-state index in [9.17, 15) is 9.90 Å². The maximum atomic E-state index is 12.2. The molecular formula is C19H14O2. The van der Waals surface area contributed by atoms with Crippen LogP contribution in [0.1, 0.15) is 15.9 Å². The molecule has 0 saturated carbocycles. The molecule has 0 bridgehead atoms. The first kappa shape index (κ1) is 13.1. The Labute approximate surface area is 123 Å². The van der Waals surface area contributed by atoms with Crippen LogP contribution in [0.3, 0.4) is 0 Å². The van der Waals surface area contributed by atoms with Crippen LogP contribution in [0, 0.1) is 0 Å². The van der Waals surface area contributed by atoms with Crippen molar-refractivity contribution < 1.29 is 9.90 Å². The number of aromatic hydroxyl groups is 1. The normalized spacial score (nSPS) is 11.0. The first-order chi connectivity index (χ1) is 10.2. The van der Waals surface area contributed by atoms with Crippen molar-refractivity contribution in [2.45, 2.75) is 0 Å². The zero-order chi connectivity index (χ0) is 14.7. The van der Waals surface area contributed by atoms with Crippen molar-refractivity contribution in [3.8, 4) is 5.75 Å². The molecule has 2 nitrogen and oxygen atoms in total. The lowest BCUT2D eigenvalue weighted by Gasteiger charge is -2.00. The fourth-order valence-electron chi connectivity index (χ4n) is 2.20. The van der Waals surface area contributed by atoms with Crippen molar-refractivity contribution in [2.75, 3.05) is 0 Å². The van der Waals surface area contributed by atoms with E-state index in [1.54, 1.807) is 36.4 Å². The number of fused-ring (bicyclic) bond motifs is 1. The highest BCUT2D eigenvalue weighted by Crippen LogP contribution is 2.17. The first-order valence-corrected chi connectivity index (χ1v) is 6.73. The summed E-state index contributed by atoms with van der Waals surface area (Å²) in [7, 11) is 0. The summed E-state index contributed by atoms with van der Waals surface area (Å²) in [6.07, 6.45) is 3.30. The SMILES string of the molecule is O=C(C=Cc1ccc(O)cc1)c1ccc2ccccc2c1. The fourth-order valence-corrected chi connectivity index (χ4v) is 2.20. The van der Waals surface area contributed by atoms with Crippen molar-refractivity contribution in [1.29, 1.82) is 0 Å². The quantitative estimate of drug-likeness (QED) is 0.566. The van der Waals surface area contributed by atoms with Crippen molar-refractivity contribution in [3.05, 3.63) is 83.9 Å². The number of phenols is 1. The average Bonchev–Trinajstić information content (AvgIpc) is 2.53. The Balaban J connectivity index is 1.84. The minimum Gasteiger partial charge on any atom is -0.508 e. The molecule has 3 rings (SSSR count). The van der Waals surface area contributed by atoms with Crippen LogP contribution in [-0.2, 0) is 0 Å². The van der Waals surface area contributed by atoms with Gasteiger partial charge in [0.1, 0.15) is 5.75 Å². The molecular weight excluding hydrogens is 260 g/mol. The minimum absolute atomic E-state index is 0.0335.